The fourth-order valence-electron chi connectivity index (χ4n) is 10.0. The van der Waals surface area contributed by atoms with E-state index in [0.717, 1.165) is 18.3 Å². The third kappa shape index (κ3) is 3.86. The second-order valence-corrected chi connectivity index (χ2v) is 13.6. The van der Waals surface area contributed by atoms with Gasteiger partial charge in [0.2, 0.25) is 0 Å². The van der Waals surface area contributed by atoms with Crippen molar-refractivity contribution >= 4 is 12.3 Å². The van der Waals surface area contributed by atoms with Gasteiger partial charge >= 0.3 is 5.97 Å². The van der Waals surface area contributed by atoms with E-state index in [0.29, 0.717) is 44.9 Å². The largest absolute Gasteiger partial charge is 0.458 e. The summed E-state index contributed by atoms with van der Waals surface area (Å²) in [7, 11) is 1.42. The standard InChI is InChI=1S/C30H44O10/c1-16-23(33)25(37-3)24(34)26(39-16)40-18-4-9-28(15-31)20-5-8-27(2)19(17-12-22(32)38-14-17)7-11-30(27,36)21(20)6-10-29(28,35)13-18/h12,15-16,18-21,23-26,33-36H,4-11,13-14H2,1-3H3/t16?,18-,19+,20?,21?,23+,24?,25?,26-,27+,28-,29-,30-/m0/s1. The SMILES string of the molecule is COC1C(O)[C@H](O[C@H]2CC[C@]3(C=O)C4CC[C@]5(C)[C@@H](C6=CC(=O)OC6)CC[C@]5(O)C4CC[C@]3(O)C2)OC(C)[C@H]1O. The number of cyclic esters (lactones) is 1. The van der Waals surface area contributed by atoms with Crippen molar-refractivity contribution < 1.29 is 49.0 Å². The molecule has 4 N–H and O–H groups in total. The molecular weight excluding hydrogens is 520 g/mol. The summed E-state index contributed by atoms with van der Waals surface area (Å²) in [6.45, 7) is 4.10. The van der Waals surface area contributed by atoms with Gasteiger partial charge in [0.1, 0.15) is 31.2 Å². The predicted octanol–water partition coefficient (Wildman–Crippen LogP) is 1.40. The zero-order chi connectivity index (χ0) is 28.7. The molecule has 0 aromatic heterocycles. The van der Waals surface area contributed by atoms with Crippen LogP contribution in [0.25, 0.3) is 0 Å². The average molecular weight is 565 g/mol. The molecule has 0 amide bonds. The third-order valence-corrected chi connectivity index (χ3v) is 12.2. The number of carbonyl (C=O) groups is 2. The Balaban J connectivity index is 1.22. The van der Waals surface area contributed by atoms with Crippen molar-refractivity contribution in [3.8, 4) is 0 Å². The number of hydrogen-bond acceptors (Lipinski definition) is 10. The number of aliphatic hydroxyl groups excluding tert-OH is 2. The molecule has 224 valence electrons. The van der Waals surface area contributed by atoms with Crippen LogP contribution in [-0.2, 0) is 28.5 Å². The molecule has 0 spiro atoms. The smallest absolute Gasteiger partial charge is 0.331 e. The number of esters is 1. The normalized spacial score (nSPS) is 54.1. The van der Waals surface area contributed by atoms with E-state index in [9.17, 15) is 30.0 Å². The molecular formula is C30H44O10. The highest BCUT2D eigenvalue weighted by Gasteiger charge is 2.71. The van der Waals surface area contributed by atoms with Crippen molar-refractivity contribution in [3.05, 3.63) is 11.6 Å². The summed E-state index contributed by atoms with van der Waals surface area (Å²) in [6.07, 6.45) is 2.28. The zero-order valence-electron chi connectivity index (χ0n) is 23.7. The van der Waals surface area contributed by atoms with Gasteiger partial charge < -0.3 is 44.2 Å². The number of fused-ring (bicyclic) bond motifs is 5. The van der Waals surface area contributed by atoms with Crippen LogP contribution < -0.4 is 0 Å². The predicted molar refractivity (Wildman–Crippen MR) is 140 cm³/mol. The molecule has 2 aliphatic heterocycles. The van der Waals surface area contributed by atoms with Crippen LogP contribution >= 0.6 is 0 Å². The van der Waals surface area contributed by atoms with Crippen LogP contribution in [-0.4, -0.2) is 94.4 Å². The highest BCUT2D eigenvalue weighted by molar-refractivity contribution is 5.85. The Labute approximate surface area is 235 Å². The number of aliphatic hydroxyl groups is 4. The molecule has 10 heteroatoms. The highest BCUT2D eigenvalue weighted by Crippen LogP contribution is 2.70. The number of hydrogen-bond donors (Lipinski definition) is 4. The van der Waals surface area contributed by atoms with Crippen LogP contribution in [0, 0.1) is 28.6 Å². The Morgan fingerprint density at radius 1 is 1.02 bits per heavy atom. The summed E-state index contributed by atoms with van der Waals surface area (Å²) in [5.74, 6) is -0.563. The molecule has 10 nitrogen and oxygen atoms in total. The Bertz CT molecular complexity index is 1060. The van der Waals surface area contributed by atoms with Crippen molar-refractivity contribution in [2.45, 2.75) is 120 Å². The molecule has 0 aromatic rings. The van der Waals surface area contributed by atoms with Crippen molar-refractivity contribution in [1.29, 1.82) is 0 Å². The van der Waals surface area contributed by atoms with Crippen molar-refractivity contribution in [2.75, 3.05) is 13.7 Å². The maximum atomic E-state index is 13.0. The van der Waals surface area contributed by atoms with Crippen molar-refractivity contribution in [3.63, 3.8) is 0 Å². The molecule has 0 bridgehead atoms. The molecule has 5 fully saturated rings. The van der Waals surface area contributed by atoms with Crippen molar-refractivity contribution in [2.24, 2.45) is 28.6 Å². The summed E-state index contributed by atoms with van der Waals surface area (Å²) < 4.78 is 22.4. The van der Waals surface area contributed by atoms with Gasteiger partial charge in [0.05, 0.1) is 28.8 Å². The van der Waals surface area contributed by atoms with Gasteiger partial charge in [0.15, 0.2) is 6.29 Å². The fourth-order valence-corrected chi connectivity index (χ4v) is 10.0. The van der Waals surface area contributed by atoms with E-state index in [2.05, 4.69) is 6.92 Å². The van der Waals surface area contributed by atoms with Crippen LogP contribution in [0.3, 0.4) is 0 Å². The molecule has 1 saturated heterocycles. The van der Waals surface area contributed by atoms with Gasteiger partial charge in [-0.25, -0.2) is 4.79 Å². The Morgan fingerprint density at radius 2 is 1.77 bits per heavy atom. The molecule has 40 heavy (non-hydrogen) atoms. The molecule has 13 atom stereocenters. The second kappa shape index (κ2) is 9.82. The molecule has 6 rings (SSSR count). The first-order valence-electron chi connectivity index (χ1n) is 14.9. The maximum absolute atomic E-state index is 13.0. The first-order valence-corrected chi connectivity index (χ1v) is 14.9. The minimum Gasteiger partial charge on any atom is -0.458 e. The minimum atomic E-state index is -1.30. The second-order valence-electron chi connectivity index (χ2n) is 13.6. The van der Waals surface area contributed by atoms with Gasteiger partial charge in [-0.15, -0.1) is 0 Å². The number of rotatable bonds is 5. The van der Waals surface area contributed by atoms with Crippen LogP contribution in [0.1, 0.15) is 71.6 Å². The maximum Gasteiger partial charge on any atom is 0.331 e. The minimum absolute atomic E-state index is 0.0563. The third-order valence-electron chi connectivity index (χ3n) is 12.2. The number of methoxy groups -OCH3 is 1. The first-order chi connectivity index (χ1) is 18.9. The molecule has 4 aliphatic carbocycles. The number of ether oxygens (including phenoxy) is 4. The van der Waals surface area contributed by atoms with Gasteiger partial charge in [-0.05, 0) is 81.6 Å². The van der Waals surface area contributed by atoms with Gasteiger partial charge in [-0.2, -0.15) is 0 Å². The topological polar surface area (TPSA) is 152 Å². The molecule has 5 unspecified atom stereocenters. The summed E-state index contributed by atoms with van der Waals surface area (Å²) in [5, 5.41) is 45.6. The zero-order valence-corrected chi connectivity index (χ0v) is 23.7. The summed E-state index contributed by atoms with van der Waals surface area (Å²) in [4.78, 5) is 24.8. The highest BCUT2D eigenvalue weighted by atomic mass is 16.7. The Morgan fingerprint density at radius 3 is 2.45 bits per heavy atom. The van der Waals surface area contributed by atoms with Crippen LogP contribution in [0.4, 0.5) is 0 Å². The van der Waals surface area contributed by atoms with E-state index in [1.54, 1.807) is 13.0 Å². The van der Waals surface area contributed by atoms with E-state index >= 15 is 0 Å². The van der Waals surface area contributed by atoms with Gasteiger partial charge in [-0.3, -0.25) is 0 Å². The van der Waals surface area contributed by atoms with E-state index in [1.165, 1.54) is 7.11 Å². The molecule has 6 aliphatic rings. The fraction of sp³-hybridized carbons (Fsp3) is 0.867. The van der Waals surface area contributed by atoms with E-state index in [1.807, 2.05) is 0 Å². The molecule has 0 aromatic carbocycles. The van der Waals surface area contributed by atoms with Crippen LogP contribution in [0.5, 0.6) is 0 Å². The van der Waals surface area contributed by atoms with E-state index in [4.69, 9.17) is 18.9 Å². The summed E-state index contributed by atoms with van der Waals surface area (Å²) in [6, 6.07) is 0. The van der Waals surface area contributed by atoms with Gasteiger partial charge in [-0.1, -0.05) is 6.92 Å². The monoisotopic (exact) mass is 564 g/mol. The summed E-state index contributed by atoms with van der Waals surface area (Å²) >= 11 is 0. The lowest BCUT2D eigenvalue weighted by Gasteiger charge is -2.65. The number of aldehydes is 1. The lowest BCUT2D eigenvalue weighted by Crippen LogP contribution is -2.69. The van der Waals surface area contributed by atoms with Crippen LogP contribution in [0.15, 0.2) is 11.6 Å². The van der Waals surface area contributed by atoms with E-state index < -0.39 is 58.8 Å². The van der Waals surface area contributed by atoms with Crippen LogP contribution in [0.2, 0.25) is 0 Å². The van der Waals surface area contributed by atoms with Gasteiger partial charge in [0.25, 0.3) is 0 Å². The molecule has 0 radical (unpaired) electrons. The lowest BCUT2D eigenvalue weighted by atomic mass is 9.41. The van der Waals surface area contributed by atoms with Gasteiger partial charge in [0, 0.05) is 25.0 Å². The summed E-state index contributed by atoms with van der Waals surface area (Å²) in [5.41, 5.74) is -2.77. The Kier molecular flexibility index (Phi) is 7.05. The average Bonchev–Trinajstić information content (AvgIpc) is 3.46. The van der Waals surface area contributed by atoms with Crippen molar-refractivity contribution in [1.82, 2.24) is 0 Å². The first kappa shape index (κ1) is 28.7. The quantitative estimate of drug-likeness (QED) is 0.219. The molecule has 4 saturated carbocycles. The lowest BCUT2D eigenvalue weighted by molar-refractivity contribution is -0.319. The van der Waals surface area contributed by atoms with E-state index in [-0.39, 0.29) is 36.8 Å². The number of carbonyl (C=O) groups excluding carboxylic acids is 2. The Hall–Kier alpha value is -1.40. The molecule has 2 heterocycles.